The molecule has 1 amide bonds. The third kappa shape index (κ3) is 11.4. The van der Waals surface area contributed by atoms with Crippen molar-refractivity contribution in [3.63, 3.8) is 0 Å². The van der Waals surface area contributed by atoms with E-state index in [0.717, 1.165) is 0 Å². The third-order valence-electron chi connectivity index (χ3n) is 5.12. The first-order valence-corrected chi connectivity index (χ1v) is 11.9. The average molecular weight is 553 g/mol. The summed E-state index contributed by atoms with van der Waals surface area (Å²) in [7, 11) is 0. The Kier molecular flexibility index (Phi) is 13.7. The van der Waals surface area contributed by atoms with Crippen LogP contribution >= 0.6 is 0 Å². The number of ether oxygens (including phenoxy) is 5. The number of carboxylic acids is 1. The smallest absolute Gasteiger partial charge is 0.490 e. The number of esters is 1. The minimum atomic E-state index is -5.08. The van der Waals surface area contributed by atoms with E-state index in [9.17, 15) is 22.8 Å². The van der Waals surface area contributed by atoms with Gasteiger partial charge in [-0.05, 0) is 25.0 Å². The van der Waals surface area contributed by atoms with Crippen LogP contribution in [0, 0.1) is 11.8 Å². The number of para-hydroxylation sites is 2. The van der Waals surface area contributed by atoms with Crippen LogP contribution in [0.1, 0.15) is 27.7 Å². The van der Waals surface area contributed by atoms with Crippen molar-refractivity contribution in [2.45, 2.75) is 46.3 Å². The normalized spacial score (nSPS) is 17.0. The van der Waals surface area contributed by atoms with E-state index in [1.165, 1.54) is 11.8 Å². The number of alkyl halides is 3. The van der Waals surface area contributed by atoms with Crippen LogP contribution in [0.3, 0.4) is 0 Å². The SMILES string of the molecule is CCOc1ccccc1OCC1CN(C(=O)OC(C)OC(=O)[C@@H](CN)C(C)C)CCO1.O=C(O)C(F)(F)F. The Morgan fingerprint density at radius 1 is 1.13 bits per heavy atom. The van der Waals surface area contributed by atoms with E-state index in [2.05, 4.69) is 0 Å². The van der Waals surface area contributed by atoms with E-state index < -0.39 is 36.4 Å². The molecule has 2 unspecified atom stereocenters. The summed E-state index contributed by atoms with van der Waals surface area (Å²) >= 11 is 0. The number of aliphatic carboxylic acids is 1. The Bertz CT molecular complexity index is 899. The van der Waals surface area contributed by atoms with Crippen molar-refractivity contribution in [3.05, 3.63) is 24.3 Å². The largest absolute Gasteiger partial charge is 0.490 e. The molecule has 3 N–H and O–H groups in total. The lowest BCUT2D eigenvalue weighted by Crippen LogP contribution is -2.48. The van der Waals surface area contributed by atoms with Gasteiger partial charge in [-0.2, -0.15) is 13.2 Å². The summed E-state index contributed by atoms with van der Waals surface area (Å²) in [6, 6.07) is 7.39. The van der Waals surface area contributed by atoms with Crippen molar-refractivity contribution in [2.24, 2.45) is 17.6 Å². The van der Waals surface area contributed by atoms with Crippen LogP contribution in [0.4, 0.5) is 18.0 Å². The number of halogens is 3. The van der Waals surface area contributed by atoms with Gasteiger partial charge in [-0.15, -0.1) is 0 Å². The first-order chi connectivity index (χ1) is 17.8. The summed E-state index contributed by atoms with van der Waals surface area (Å²) in [5.41, 5.74) is 5.63. The Morgan fingerprint density at radius 2 is 1.71 bits per heavy atom. The Balaban J connectivity index is 0.000000905. The van der Waals surface area contributed by atoms with Crippen molar-refractivity contribution in [2.75, 3.05) is 39.5 Å². The van der Waals surface area contributed by atoms with Gasteiger partial charge in [-0.25, -0.2) is 9.59 Å². The maximum Gasteiger partial charge on any atom is 0.490 e. The minimum absolute atomic E-state index is 0.0354. The molecule has 1 fully saturated rings. The van der Waals surface area contributed by atoms with E-state index in [1.807, 2.05) is 45.0 Å². The quantitative estimate of drug-likeness (QED) is 0.328. The molecule has 1 aliphatic heterocycles. The van der Waals surface area contributed by atoms with Gasteiger partial charge in [0.15, 0.2) is 11.5 Å². The summed E-state index contributed by atoms with van der Waals surface area (Å²) in [4.78, 5) is 35.1. The number of nitrogens with two attached hydrogens (primary N) is 1. The van der Waals surface area contributed by atoms with Gasteiger partial charge in [0.05, 0.1) is 25.7 Å². The highest BCUT2D eigenvalue weighted by Crippen LogP contribution is 2.27. The molecule has 0 aromatic heterocycles. The molecule has 0 radical (unpaired) electrons. The number of rotatable bonds is 10. The summed E-state index contributed by atoms with van der Waals surface area (Å²) in [6.45, 7) is 9.18. The lowest BCUT2D eigenvalue weighted by molar-refractivity contribution is -0.192. The third-order valence-corrected chi connectivity index (χ3v) is 5.12. The molecule has 1 aromatic carbocycles. The van der Waals surface area contributed by atoms with Crippen molar-refractivity contribution in [1.82, 2.24) is 4.90 Å². The van der Waals surface area contributed by atoms with Crippen LogP contribution in [-0.2, 0) is 23.8 Å². The fourth-order valence-electron chi connectivity index (χ4n) is 3.14. The summed E-state index contributed by atoms with van der Waals surface area (Å²) in [6.07, 6.45) is -6.99. The van der Waals surface area contributed by atoms with Gasteiger partial charge >= 0.3 is 24.2 Å². The summed E-state index contributed by atoms with van der Waals surface area (Å²) < 4.78 is 59.4. The van der Waals surface area contributed by atoms with Crippen LogP contribution in [0.2, 0.25) is 0 Å². The first-order valence-electron chi connectivity index (χ1n) is 11.9. The van der Waals surface area contributed by atoms with E-state index in [1.54, 1.807) is 0 Å². The first kappa shape index (κ1) is 32.8. The minimum Gasteiger partial charge on any atom is -0.490 e. The van der Waals surface area contributed by atoms with Crippen molar-refractivity contribution in [3.8, 4) is 11.5 Å². The van der Waals surface area contributed by atoms with E-state index in [-0.39, 0.29) is 25.2 Å². The zero-order valence-electron chi connectivity index (χ0n) is 21.7. The maximum atomic E-state index is 12.5. The molecule has 11 nitrogen and oxygen atoms in total. The lowest BCUT2D eigenvalue weighted by Gasteiger charge is -2.33. The maximum absolute atomic E-state index is 12.5. The zero-order chi connectivity index (χ0) is 28.9. The standard InChI is InChI=1S/C22H34N2O7.C2HF3O2/c1-5-27-19-8-6-7-9-20(19)29-14-17-13-24(10-11-28-17)22(26)31-16(4)30-21(25)18(12-23)15(2)3;3-2(4,5)1(6)7/h6-9,15-18H,5,10-14,23H2,1-4H3;(H,6,7)/t16?,17?,18-;/m0./s1. The molecule has 1 aromatic rings. The molecule has 216 valence electrons. The molecule has 1 saturated heterocycles. The number of carboxylic acid groups (broad SMARTS) is 1. The molecule has 0 bridgehead atoms. The molecule has 14 heteroatoms. The number of morpholine rings is 1. The van der Waals surface area contributed by atoms with Gasteiger partial charge in [0.25, 0.3) is 0 Å². The van der Waals surface area contributed by atoms with Crippen molar-refractivity contribution in [1.29, 1.82) is 0 Å². The highest BCUT2D eigenvalue weighted by atomic mass is 19.4. The Hall–Kier alpha value is -3.26. The van der Waals surface area contributed by atoms with Gasteiger partial charge in [0.2, 0.25) is 6.29 Å². The second kappa shape index (κ2) is 15.9. The zero-order valence-corrected chi connectivity index (χ0v) is 21.7. The molecule has 3 atom stereocenters. The number of carbonyl (C=O) groups is 3. The topological polar surface area (TPSA) is 147 Å². The number of carbonyl (C=O) groups excluding carboxylic acids is 2. The summed E-state index contributed by atoms with van der Waals surface area (Å²) in [5, 5.41) is 7.12. The van der Waals surface area contributed by atoms with Crippen LogP contribution in [0.15, 0.2) is 24.3 Å². The molecule has 0 saturated carbocycles. The Labute approximate surface area is 218 Å². The van der Waals surface area contributed by atoms with Crippen LogP contribution in [0.25, 0.3) is 0 Å². The molecular weight excluding hydrogens is 517 g/mol. The highest BCUT2D eigenvalue weighted by molar-refractivity contribution is 5.74. The molecular formula is C24H35F3N2O9. The van der Waals surface area contributed by atoms with Gasteiger partial charge in [-0.3, -0.25) is 4.79 Å². The second-order valence-electron chi connectivity index (χ2n) is 8.41. The number of benzene rings is 1. The average Bonchev–Trinajstić information content (AvgIpc) is 2.83. The van der Waals surface area contributed by atoms with Crippen LogP contribution < -0.4 is 15.2 Å². The molecule has 0 spiro atoms. The van der Waals surface area contributed by atoms with Crippen LogP contribution in [0.5, 0.6) is 11.5 Å². The van der Waals surface area contributed by atoms with E-state index >= 15 is 0 Å². The number of nitrogens with zero attached hydrogens (tertiary/aromatic N) is 1. The summed E-state index contributed by atoms with van der Waals surface area (Å²) in [5.74, 6) is -2.36. The number of amides is 1. The van der Waals surface area contributed by atoms with E-state index in [0.29, 0.717) is 37.8 Å². The molecule has 2 rings (SSSR count). The van der Waals surface area contributed by atoms with E-state index in [4.69, 9.17) is 39.3 Å². The fourth-order valence-corrected chi connectivity index (χ4v) is 3.14. The lowest BCUT2D eigenvalue weighted by atomic mass is 9.96. The Morgan fingerprint density at radius 3 is 2.21 bits per heavy atom. The molecule has 0 aliphatic carbocycles. The van der Waals surface area contributed by atoms with Gasteiger partial charge in [0.1, 0.15) is 12.7 Å². The second-order valence-corrected chi connectivity index (χ2v) is 8.41. The fraction of sp³-hybridized carbons (Fsp3) is 0.625. The number of hydrogen-bond donors (Lipinski definition) is 2. The monoisotopic (exact) mass is 552 g/mol. The predicted octanol–water partition coefficient (Wildman–Crippen LogP) is 3.05. The van der Waals surface area contributed by atoms with Crippen LogP contribution in [-0.4, -0.2) is 86.1 Å². The van der Waals surface area contributed by atoms with Gasteiger partial charge in [0, 0.05) is 20.0 Å². The highest BCUT2D eigenvalue weighted by Gasteiger charge is 2.38. The molecule has 1 heterocycles. The van der Waals surface area contributed by atoms with Crippen molar-refractivity contribution < 1.29 is 56.3 Å². The van der Waals surface area contributed by atoms with Crippen molar-refractivity contribution >= 4 is 18.0 Å². The predicted molar refractivity (Wildman–Crippen MR) is 128 cm³/mol. The van der Waals surface area contributed by atoms with Gasteiger partial charge in [-0.1, -0.05) is 26.0 Å². The molecule has 1 aliphatic rings. The van der Waals surface area contributed by atoms with Gasteiger partial charge < -0.3 is 39.4 Å². The molecule has 38 heavy (non-hydrogen) atoms. The number of hydrogen-bond acceptors (Lipinski definition) is 9.